The fourth-order valence-electron chi connectivity index (χ4n) is 2.39. The van der Waals surface area contributed by atoms with Crippen LogP contribution in [0.2, 0.25) is 0 Å². The number of anilines is 3. The quantitative estimate of drug-likeness (QED) is 0.675. The summed E-state index contributed by atoms with van der Waals surface area (Å²) in [5.41, 5.74) is 9.72. The van der Waals surface area contributed by atoms with E-state index in [0.29, 0.717) is 29.7 Å². The first-order chi connectivity index (χ1) is 12.6. The minimum atomic E-state index is 0.316. The largest absolute Gasteiger partial charge is 0.494 e. The smallest absolute Gasteiger partial charge is 0.248 e. The highest BCUT2D eigenvalue weighted by molar-refractivity contribution is 5.72. The molecular weight excluding hydrogens is 328 g/mol. The van der Waals surface area contributed by atoms with E-state index in [0.717, 1.165) is 17.0 Å². The fraction of sp³-hybridized carbons (Fsp3) is 0.200. The summed E-state index contributed by atoms with van der Waals surface area (Å²) in [4.78, 5) is 8.36. The number of nitrogens with two attached hydrogens (primary N) is 1. The first kappa shape index (κ1) is 17.5. The molecule has 0 aliphatic rings. The van der Waals surface area contributed by atoms with E-state index < -0.39 is 0 Å². The lowest BCUT2D eigenvalue weighted by atomic mass is 10.1. The lowest BCUT2D eigenvalue weighted by Gasteiger charge is -2.13. The zero-order valence-corrected chi connectivity index (χ0v) is 15.1. The number of nitrogens with zero attached hydrogens (tertiary/aromatic N) is 2. The van der Waals surface area contributed by atoms with Crippen molar-refractivity contribution in [2.24, 2.45) is 0 Å². The van der Waals surface area contributed by atoms with Gasteiger partial charge < -0.3 is 20.5 Å². The second-order valence-corrected chi connectivity index (χ2v) is 5.87. The van der Waals surface area contributed by atoms with Crippen molar-refractivity contribution in [2.75, 3.05) is 17.7 Å². The highest BCUT2D eigenvalue weighted by Gasteiger charge is 2.11. The summed E-state index contributed by atoms with van der Waals surface area (Å²) in [6.45, 7) is 6.66. The zero-order chi connectivity index (χ0) is 18.5. The molecule has 0 radical (unpaired) electrons. The molecular formula is C20H22N4O2. The molecule has 6 nitrogen and oxygen atoms in total. The number of aryl methyl sites for hydroxylation is 2. The van der Waals surface area contributed by atoms with Crippen LogP contribution in [0.1, 0.15) is 18.1 Å². The van der Waals surface area contributed by atoms with E-state index in [1.54, 1.807) is 0 Å². The van der Waals surface area contributed by atoms with Crippen molar-refractivity contribution in [3.63, 3.8) is 0 Å². The Morgan fingerprint density at radius 1 is 0.962 bits per heavy atom. The molecule has 1 heterocycles. The van der Waals surface area contributed by atoms with Crippen molar-refractivity contribution in [1.82, 2.24) is 9.97 Å². The van der Waals surface area contributed by atoms with Crippen molar-refractivity contribution in [2.45, 2.75) is 20.8 Å². The van der Waals surface area contributed by atoms with E-state index in [1.807, 2.05) is 56.3 Å². The molecule has 6 heteroatoms. The van der Waals surface area contributed by atoms with Gasteiger partial charge in [-0.3, -0.25) is 0 Å². The summed E-state index contributed by atoms with van der Waals surface area (Å²) in [5.74, 6) is 2.30. The summed E-state index contributed by atoms with van der Waals surface area (Å²) in [6, 6.07) is 13.4. The zero-order valence-electron chi connectivity index (χ0n) is 15.1. The molecule has 0 bridgehead atoms. The van der Waals surface area contributed by atoms with E-state index in [1.165, 1.54) is 11.9 Å². The van der Waals surface area contributed by atoms with Crippen LogP contribution in [0.5, 0.6) is 17.4 Å². The van der Waals surface area contributed by atoms with E-state index in [4.69, 9.17) is 15.2 Å². The van der Waals surface area contributed by atoms with Crippen molar-refractivity contribution < 1.29 is 9.47 Å². The molecule has 0 spiro atoms. The van der Waals surface area contributed by atoms with Crippen LogP contribution in [0.15, 0.2) is 48.8 Å². The average Bonchev–Trinajstić information content (AvgIpc) is 2.63. The highest BCUT2D eigenvalue weighted by Crippen LogP contribution is 2.31. The van der Waals surface area contributed by atoms with Gasteiger partial charge in [0.25, 0.3) is 0 Å². The van der Waals surface area contributed by atoms with Gasteiger partial charge in [-0.05, 0) is 68.3 Å². The third kappa shape index (κ3) is 4.03. The van der Waals surface area contributed by atoms with Gasteiger partial charge in [0.1, 0.15) is 23.5 Å². The van der Waals surface area contributed by atoms with Gasteiger partial charge in [0.2, 0.25) is 5.88 Å². The molecule has 3 rings (SSSR count). The van der Waals surface area contributed by atoms with E-state index in [9.17, 15) is 0 Å². The molecule has 0 fully saturated rings. The Labute approximate surface area is 153 Å². The van der Waals surface area contributed by atoms with E-state index in [-0.39, 0.29) is 0 Å². The monoisotopic (exact) mass is 350 g/mol. The number of nitrogens with one attached hydrogen (secondary N) is 1. The van der Waals surface area contributed by atoms with Gasteiger partial charge in [-0.1, -0.05) is 6.07 Å². The summed E-state index contributed by atoms with van der Waals surface area (Å²) in [7, 11) is 0. The molecule has 0 amide bonds. The second kappa shape index (κ2) is 7.74. The van der Waals surface area contributed by atoms with Crippen molar-refractivity contribution >= 4 is 17.2 Å². The van der Waals surface area contributed by atoms with Gasteiger partial charge in [-0.25, -0.2) is 4.98 Å². The van der Waals surface area contributed by atoms with Crippen LogP contribution >= 0.6 is 0 Å². The summed E-state index contributed by atoms with van der Waals surface area (Å²) in [5, 5.41) is 3.18. The van der Waals surface area contributed by atoms with Crippen LogP contribution in [-0.4, -0.2) is 16.6 Å². The molecule has 0 aliphatic carbocycles. The molecule has 0 unspecified atom stereocenters. The number of rotatable bonds is 6. The Morgan fingerprint density at radius 2 is 1.69 bits per heavy atom. The van der Waals surface area contributed by atoms with Crippen LogP contribution in [0.25, 0.3) is 0 Å². The van der Waals surface area contributed by atoms with Crippen molar-refractivity contribution in [3.8, 4) is 17.4 Å². The van der Waals surface area contributed by atoms with E-state index in [2.05, 4.69) is 22.2 Å². The molecule has 0 atom stereocenters. The summed E-state index contributed by atoms with van der Waals surface area (Å²) < 4.78 is 11.3. The molecule has 1 aromatic heterocycles. The summed E-state index contributed by atoms with van der Waals surface area (Å²) in [6.07, 6.45) is 1.42. The van der Waals surface area contributed by atoms with Gasteiger partial charge in [0.05, 0.1) is 6.61 Å². The lowest BCUT2D eigenvalue weighted by Crippen LogP contribution is -2.03. The number of ether oxygens (including phenoxy) is 2. The number of aromatic nitrogens is 2. The normalized spacial score (nSPS) is 10.4. The maximum atomic E-state index is 6.19. The van der Waals surface area contributed by atoms with Crippen LogP contribution in [0.4, 0.5) is 17.2 Å². The minimum Gasteiger partial charge on any atom is -0.494 e. The maximum Gasteiger partial charge on any atom is 0.248 e. The van der Waals surface area contributed by atoms with Crippen molar-refractivity contribution in [3.05, 3.63) is 59.9 Å². The van der Waals surface area contributed by atoms with Crippen LogP contribution in [0, 0.1) is 13.8 Å². The first-order valence-electron chi connectivity index (χ1n) is 8.42. The third-order valence-corrected chi connectivity index (χ3v) is 3.97. The number of hydrogen-bond acceptors (Lipinski definition) is 6. The number of nitrogen functional groups attached to an aromatic ring is 1. The molecule has 26 heavy (non-hydrogen) atoms. The minimum absolute atomic E-state index is 0.316. The van der Waals surface area contributed by atoms with Gasteiger partial charge in [0.15, 0.2) is 5.82 Å². The Kier molecular flexibility index (Phi) is 5.22. The molecule has 0 saturated carbocycles. The predicted octanol–water partition coefficient (Wildman–Crippen LogP) is 4.61. The summed E-state index contributed by atoms with van der Waals surface area (Å²) >= 11 is 0. The Morgan fingerprint density at radius 3 is 2.38 bits per heavy atom. The Hall–Kier alpha value is -3.28. The highest BCUT2D eigenvalue weighted by atomic mass is 16.5. The van der Waals surface area contributed by atoms with Crippen LogP contribution < -0.4 is 20.5 Å². The molecule has 3 N–H and O–H groups in total. The van der Waals surface area contributed by atoms with Crippen molar-refractivity contribution in [1.29, 1.82) is 0 Å². The second-order valence-electron chi connectivity index (χ2n) is 5.87. The standard InChI is InChI=1S/C20H22N4O2/c1-4-25-16-9-6-15(7-10-16)24-19-18(21)20(23-12-22-19)26-17-8-5-13(2)14(3)11-17/h5-12H,4,21H2,1-3H3,(H,22,23,24). The number of benzene rings is 2. The molecule has 3 aromatic rings. The third-order valence-electron chi connectivity index (χ3n) is 3.97. The van der Waals surface area contributed by atoms with Gasteiger partial charge in [0, 0.05) is 5.69 Å². The SMILES string of the molecule is CCOc1ccc(Nc2ncnc(Oc3ccc(C)c(C)c3)c2N)cc1. The Bertz CT molecular complexity index is 895. The van der Waals surface area contributed by atoms with Gasteiger partial charge >= 0.3 is 0 Å². The number of hydrogen-bond donors (Lipinski definition) is 2. The average molecular weight is 350 g/mol. The maximum absolute atomic E-state index is 6.19. The molecule has 0 saturated heterocycles. The molecule has 134 valence electrons. The molecule has 2 aromatic carbocycles. The van der Waals surface area contributed by atoms with Crippen LogP contribution in [0.3, 0.4) is 0 Å². The Balaban J connectivity index is 1.79. The van der Waals surface area contributed by atoms with E-state index >= 15 is 0 Å². The van der Waals surface area contributed by atoms with Gasteiger partial charge in [-0.2, -0.15) is 4.98 Å². The first-order valence-corrected chi connectivity index (χ1v) is 8.42. The fourth-order valence-corrected chi connectivity index (χ4v) is 2.39. The van der Waals surface area contributed by atoms with Gasteiger partial charge in [-0.15, -0.1) is 0 Å². The topological polar surface area (TPSA) is 82.3 Å². The lowest BCUT2D eigenvalue weighted by molar-refractivity contribution is 0.340. The van der Waals surface area contributed by atoms with Crippen LogP contribution in [-0.2, 0) is 0 Å². The predicted molar refractivity (Wildman–Crippen MR) is 103 cm³/mol. The molecule has 0 aliphatic heterocycles.